The molecule has 0 unspecified atom stereocenters. The minimum Gasteiger partial charge on any atom is -0.478 e. The van der Waals surface area contributed by atoms with E-state index in [2.05, 4.69) is 4.74 Å². The fourth-order valence-electron chi connectivity index (χ4n) is 0.988. The van der Waals surface area contributed by atoms with E-state index in [0.717, 1.165) is 11.8 Å². The van der Waals surface area contributed by atoms with Crippen molar-refractivity contribution in [2.75, 3.05) is 18.6 Å². The fourth-order valence-corrected chi connectivity index (χ4v) is 1.82. The van der Waals surface area contributed by atoms with E-state index in [-0.39, 0.29) is 17.3 Å². The molecule has 0 atom stereocenters. The maximum Gasteiger partial charge on any atom is 0.335 e. The summed E-state index contributed by atoms with van der Waals surface area (Å²) in [5, 5.41) is 8.78. The number of methoxy groups -OCH3 is 1. The van der Waals surface area contributed by atoms with E-state index < -0.39 is 5.97 Å². The third kappa shape index (κ3) is 3.16. The van der Waals surface area contributed by atoms with Crippen LogP contribution in [0.1, 0.15) is 10.4 Å². The van der Waals surface area contributed by atoms with Crippen LogP contribution < -0.4 is 5.73 Å². The summed E-state index contributed by atoms with van der Waals surface area (Å²) in [7, 11) is 1.29. The van der Waals surface area contributed by atoms with Gasteiger partial charge >= 0.3 is 11.9 Å². The van der Waals surface area contributed by atoms with Crippen LogP contribution in [0.2, 0.25) is 0 Å². The highest BCUT2D eigenvalue weighted by Gasteiger charge is 2.09. The average Bonchev–Trinajstić information content (AvgIpc) is 2.27. The van der Waals surface area contributed by atoms with Crippen LogP contribution in [0.15, 0.2) is 23.1 Å². The molecule has 1 rings (SSSR count). The molecule has 6 heteroatoms. The van der Waals surface area contributed by atoms with Gasteiger partial charge in [-0.1, -0.05) is 0 Å². The van der Waals surface area contributed by atoms with Crippen molar-refractivity contribution in [1.29, 1.82) is 0 Å². The van der Waals surface area contributed by atoms with E-state index in [1.54, 1.807) is 0 Å². The molecule has 0 bridgehead atoms. The van der Waals surface area contributed by atoms with Gasteiger partial charge in [0, 0.05) is 10.6 Å². The molecule has 0 aliphatic heterocycles. The molecule has 0 aromatic heterocycles. The molecule has 0 aliphatic rings. The summed E-state index contributed by atoms with van der Waals surface area (Å²) < 4.78 is 4.47. The van der Waals surface area contributed by atoms with Gasteiger partial charge in [0.25, 0.3) is 0 Å². The number of carbonyl (C=O) groups is 2. The molecular formula is C10H11NO4S. The van der Waals surface area contributed by atoms with E-state index in [0.29, 0.717) is 10.6 Å². The van der Waals surface area contributed by atoms with Gasteiger partial charge in [0.1, 0.15) is 0 Å². The molecular weight excluding hydrogens is 230 g/mol. The maximum absolute atomic E-state index is 10.9. The van der Waals surface area contributed by atoms with Crippen LogP contribution in [-0.2, 0) is 9.53 Å². The van der Waals surface area contributed by atoms with Crippen molar-refractivity contribution in [3.8, 4) is 0 Å². The van der Waals surface area contributed by atoms with Gasteiger partial charge < -0.3 is 15.6 Å². The van der Waals surface area contributed by atoms with Gasteiger partial charge in [-0.2, -0.15) is 0 Å². The summed E-state index contributed by atoms with van der Waals surface area (Å²) in [5.41, 5.74) is 6.24. The second kappa shape index (κ2) is 5.41. The lowest BCUT2D eigenvalue weighted by atomic mass is 10.2. The number of carboxylic acids is 1. The number of aromatic carboxylic acids is 1. The average molecular weight is 241 g/mol. The van der Waals surface area contributed by atoms with E-state index in [4.69, 9.17) is 10.8 Å². The third-order valence-electron chi connectivity index (χ3n) is 1.83. The summed E-state index contributed by atoms with van der Waals surface area (Å²) in [4.78, 5) is 22.2. The standard InChI is InChI=1S/C10H11NO4S/c1-15-9(12)5-16-8-4-6(10(13)14)2-3-7(8)11/h2-4H,5,11H2,1H3,(H,13,14). The Balaban J connectivity index is 2.82. The second-order valence-corrected chi connectivity index (χ2v) is 3.94. The number of hydrogen-bond donors (Lipinski definition) is 2. The monoisotopic (exact) mass is 241 g/mol. The van der Waals surface area contributed by atoms with Gasteiger partial charge in [0.15, 0.2) is 0 Å². The van der Waals surface area contributed by atoms with Crippen molar-refractivity contribution in [3.63, 3.8) is 0 Å². The van der Waals surface area contributed by atoms with Crippen LogP contribution in [0.25, 0.3) is 0 Å². The van der Waals surface area contributed by atoms with Crippen LogP contribution in [0.5, 0.6) is 0 Å². The molecule has 1 aromatic rings. The normalized spacial score (nSPS) is 9.81. The minimum atomic E-state index is -1.03. The molecule has 86 valence electrons. The third-order valence-corrected chi connectivity index (χ3v) is 2.88. The van der Waals surface area contributed by atoms with Crippen LogP contribution in [-0.4, -0.2) is 29.9 Å². The molecule has 0 amide bonds. The van der Waals surface area contributed by atoms with Gasteiger partial charge in [-0.25, -0.2) is 4.79 Å². The zero-order valence-electron chi connectivity index (χ0n) is 8.60. The van der Waals surface area contributed by atoms with Gasteiger partial charge in [-0.05, 0) is 18.2 Å². The molecule has 16 heavy (non-hydrogen) atoms. The van der Waals surface area contributed by atoms with E-state index in [1.807, 2.05) is 0 Å². The van der Waals surface area contributed by atoms with Crippen LogP contribution in [0, 0.1) is 0 Å². The number of rotatable bonds is 4. The largest absolute Gasteiger partial charge is 0.478 e. The summed E-state index contributed by atoms with van der Waals surface area (Å²) in [5.74, 6) is -1.31. The lowest BCUT2D eigenvalue weighted by Gasteiger charge is -2.05. The highest BCUT2D eigenvalue weighted by atomic mass is 32.2. The Morgan fingerprint density at radius 2 is 2.19 bits per heavy atom. The van der Waals surface area contributed by atoms with Gasteiger partial charge in [0.05, 0.1) is 18.4 Å². The SMILES string of the molecule is COC(=O)CSc1cc(C(=O)O)ccc1N. The lowest BCUT2D eigenvalue weighted by Crippen LogP contribution is -2.04. The Bertz CT molecular complexity index is 419. The second-order valence-electron chi connectivity index (χ2n) is 2.92. The molecule has 0 radical (unpaired) electrons. The Morgan fingerprint density at radius 1 is 1.50 bits per heavy atom. The van der Waals surface area contributed by atoms with E-state index in [1.165, 1.54) is 25.3 Å². The number of esters is 1. The smallest absolute Gasteiger partial charge is 0.335 e. The zero-order chi connectivity index (χ0) is 12.1. The first-order chi connectivity index (χ1) is 7.54. The van der Waals surface area contributed by atoms with E-state index in [9.17, 15) is 9.59 Å². The molecule has 1 aromatic carbocycles. The molecule has 0 spiro atoms. The molecule has 0 saturated carbocycles. The molecule has 5 nitrogen and oxygen atoms in total. The van der Waals surface area contributed by atoms with Gasteiger partial charge in [0.2, 0.25) is 0 Å². The number of hydrogen-bond acceptors (Lipinski definition) is 5. The first kappa shape index (κ1) is 12.4. The quantitative estimate of drug-likeness (QED) is 0.468. The lowest BCUT2D eigenvalue weighted by molar-refractivity contribution is -0.137. The van der Waals surface area contributed by atoms with Crippen molar-refractivity contribution in [1.82, 2.24) is 0 Å². The topological polar surface area (TPSA) is 89.6 Å². The zero-order valence-corrected chi connectivity index (χ0v) is 9.41. The first-order valence-corrected chi connectivity index (χ1v) is 5.35. The van der Waals surface area contributed by atoms with Crippen molar-refractivity contribution in [3.05, 3.63) is 23.8 Å². The Kier molecular flexibility index (Phi) is 4.19. The number of thioether (sulfide) groups is 1. The first-order valence-electron chi connectivity index (χ1n) is 4.37. The minimum absolute atomic E-state index is 0.101. The van der Waals surface area contributed by atoms with Crippen LogP contribution in [0.4, 0.5) is 5.69 Å². The molecule has 0 fully saturated rings. The predicted octanol–water partition coefficient (Wildman–Crippen LogP) is 1.23. The van der Waals surface area contributed by atoms with Crippen LogP contribution in [0.3, 0.4) is 0 Å². The highest BCUT2D eigenvalue weighted by Crippen LogP contribution is 2.26. The number of carbonyl (C=O) groups excluding carboxylic acids is 1. The maximum atomic E-state index is 10.9. The predicted molar refractivity (Wildman–Crippen MR) is 60.6 cm³/mol. The van der Waals surface area contributed by atoms with E-state index >= 15 is 0 Å². The Labute approximate surface area is 96.6 Å². The van der Waals surface area contributed by atoms with Crippen molar-refractivity contribution in [2.45, 2.75) is 4.90 Å². The number of anilines is 1. The summed E-state index contributed by atoms with van der Waals surface area (Å²) in [6.45, 7) is 0. The van der Waals surface area contributed by atoms with Crippen molar-refractivity contribution < 1.29 is 19.4 Å². The highest BCUT2D eigenvalue weighted by molar-refractivity contribution is 8.00. The molecule has 0 heterocycles. The van der Waals surface area contributed by atoms with Gasteiger partial charge in [-0.3, -0.25) is 4.79 Å². The Hall–Kier alpha value is -1.69. The number of benzene rings is 1. The summed E-state index contributed by atoms with van der Waals surface area (Å²) >= 11 is 1.15. The summed E-state index contributed by atoms with van der Waals surface area (Å²) in [6.07, 6.45) is 0. The Morgan fingerprint density at radius 3 is 2.75 bits per heavy atom. The number of ether oxygens (including phenoxy) is 1. The fraction of sp³-hybridized carbons (Fsp3) is 0.200. The molecule has 0 aliphatic carbocycles. The molecule has 3 N–H and O–H groups in total. The van der Waals surface area contributed by atoms with Crippen LogP contribution >= 0.6 is 11.8 Å². The van der Waals surface area contributed by atoms with Crippen molar-refractivity contribution in [2.24, 2.45) is 0 Å². The summed E-state index contributed by atoms with van der Waals surface area (Å²) in [6, 6.07) is 4.36. The molecule has 0 saturated heterocycles. The number of nitrogen functional groups attached to an aromatic ring is 1. The number of carboxylic acid groups (broad SMARTS) is 1. The van der Waals surface area contributed by atoms with Crippen molar-refractivity contribution >= 4 is 29.4 Å². The van der Waals surface area contributed by atoms with Gasteiger partial charge in [-0.15, -0.1) is 11.8 Å². The number of nitrogens with two attached hydrogens (primary N) is 1.